The maximum atomic E-state index is 5.23. The van der Waals surface area contributed by atoms with Crippen molar-refractivity contribution in [3.05, 3.63) is 266 Å². The summed E-state index contributed by atoms with van der Waals surface area (Å²) in [6.45, 7) is 4.75. The topological polar surface area (TPSA) is 43.6 Å². The molecule has 0 fully saturated rings. The molecule has 14 aromatic rings. The number of benzene rings is 12. The first-order chi connectivity index (χ1) is 37.4. The van der Waals surface area contributed by atoms with Crippen molar-refractivity contribution in [3.63, 3.8) is 0 Å². The van der Waals surface area contributed by atoms with Gasteiger partial charge in [-0.15, -0.1) is 0 Å². The minimum absolute atomic E-state index is 0.303. The van der Waals surface area contributed by atoms with Crippen LogP contribution >= 0.6 is 0 Å². The van der Waals surface area contributed by atoms with Gasteiger partial charge in [0.05, 0.1) is 11.0 Å². The van der Waals surface area contributed by atoms with E-state index in [4.69, 9.17) is 15.0 Å². The zero-order valence-corrected chi connectivity index (χ0v) is 42.0. The Kier molecular flexibility index (Phi) is 9.88. The summed E-state index contributed by atoms with van der Waals surface area (Å²) in [6.07, 6.45) is 0. The van der Waals surface area contributed by atoms with Crippen molar-refractivity contribution in [1.82, 2.24) is 19.5 Å². The average molecular weight is 969 g/mol. The predicted octanol–water partition coefficient (Wildman–Crippen LogP) is 18.7. The first-order valence-corrected chi connectivity index (χ1v) is 26.2. The van der Waals surface area contributed by atoms with E-state index in [2.05, 4.69) is 237 Å². The molecule has 4 heteroatoms. The summed E-state index contributed by atoms with van der Waals surface area (Å²) in [4.78, 5) is 15.5. The van der Waals surface area contributed by atoms with Crippen LogP contribution in [-0.4, -0.2) is 19.5 Å². The molecule has 1 aliphatic carbocycles. The van der Waals surface area contributed by atoms with E-state index in [1.807, 2.05) is 36.4 Å². The van der Waals surface area contributed by atoms with Crippen LogP contribution in [0.25, 0.3) is 138 Å². The molecule has 0 saturated carbocycles. The second-order valence-corrected chi connectivity index (χ2v) is 20.7. The molecule has 1 aliphatic rings. The molecule has 4 nitrogen and oxygen atoms in total. The number of aromatic nitrogens is 4. The molecule has 15 rings (SSSR count). The second-order valence-electron chi connectivity index (χ2n) is 20.7. The number of para-hydroxylation sites is 1. The van der Waals surface area contributed by atoms with Crippen molar-refractivity contribution >= 4 is 54.1 Å². The third kappa shape index (κ3) is 6.88. The van der Waals surface area contributed by atoms with Gasteiger partial charge in [-0.05, 0) is 129 Å². The molecule has 0 aliphatic heterocycles. The van der Waals surface area contributed by atoms with Crippen LogP contribution in [0, 0.1) is 0 Å². The number of rotatable bonds is 7. The van der Waals surface area contributed by atoms with E-state index in [-0.39, 0.29) is 5.41 Å². The summed E-state index contributed by atoms with van der Waals surface area (Å²) in [7, 11) is 0. The van der Waals surface area contributed by atoms with Gasteiger partial charge in [-0.1, -0.05) is 238 Å². The highest BCUT2D eigenvalue weighted by Crippen LogP contribution is 2.52. The molecule has 0 radical (unpaired) electrons. The second kappa shape index (κ2) is 17.2. The molecule has 76 heavy (non-hydrogen) atoms. The van der Waals surface area contributed by atoms with Gasteiger partial charge < -0.3 is 0 Å². The SMILES string of the molecule is CC1(C)c2cc(-c3cccc(-c4ccc(-c5cccc6ccccc56)c5c(-c6cccc7ccccc67)cccc45)c3)ccc2-c2cc3c4ccccc4n(-c4nc(-c5ccccc5)nc(-c5ccccc5)n4)c3cc21. The molecular weight excluding hydrogens is 921 g/mol. The van der Waals surface area contributed by atoms with Gasteiger partial charge in [0, 0.05) is 27.3 Å². The number of fused-ring (bicyclic) bond motifs is 9. The van der Waals surface area contributed by atoms with Gasteiger partial charge in [-0.25, -0.2) is 4.98 Å². The van der Waals surface area contributed by atoms with Gasteiger partial charge in [0.2, 0.25) is 5.95 Å². The van der Waals surface area contributed by atoms with Crippen LogP contribution in [0.15, 0.2) is 255 Å². The van der Waals surface area contributed by atoms with E-state index in [1.54, 1.807) is 0 Å². The van der Waals surface area contributed by atoms with Gasteiger partial charge in [0.1, 0.15) is 0 Å². The van der Waals surface area contributed by atoms with E-state index in [0.29, 0.717) is 17.6 Å². The maximum Gasteiger partial charge on any atom is 0.238 e. The molecule has 2 aromatic heterocycles. The summed E-state index contributed by atoms with van der Waals surface area (Å²) in [5.74, 6) is 1.87. The third-order valence-corrected chi connectivity index (χ3v) is 16.1. The van der Waals surface area contributed by atoms with Gasteiger partial charge >= 0.3 is 0 Å². The lowest BCUT2D eigenvalue weighted by Gasteiger charge is -2.22. The van der Waals surface area contributed by atoms with Crippen LogP contribution in [0.4, 0.5) is 0 Å². The van der Waals surface area contributed by atoms with Crippen LogP contribution in [0.1, 0.15) is 25.0 Å². The standard InChI is InChI=1S/C72H48N4/c1-72(2)64-42-50(37-38-57(64)62-43-63-58-31-13-14-36-66(58)76(67(63)44-65(62)72)71-74-69(47-21-5-3-6-22-47)73-70(75-71)48-23-7-4-8-24-48)49-27-15-28-51(41-49)54-39-40-61(56-33-17-26-46-20-10-12-30-53(46)56)68-59(54)34-18-35-60(68)55-32-16-25-45-19-9-11-29-52(45)55/h3-44H,1-2H3. The molecular formula is C72H48N4. The molecule has 0 atom stereocenters. The lowest BCUT2D eigenvalue weighted by Crippen LogP contribution is -2.15. The lowest BCUT2D eigenvalue weighted by atomic mass is 9.81. The zero-order chi connectivity index (χ0) is 50.5. The van der Waals surface area contributed by atoms with Gasteiger partial charge in [-0.3, -0.25) is 4.57 Å². The van der Waals surface area contributed by atoms with E-state index < -0.39 is 0 Å². The van der Waals surface area contributed by atoms with Crippen molar-refractivity contribution in [1.29, 1.82) is 0 Å². The highest BCUT2D eigenvalue weighted by atomic mass is 15.2. The molecule has 356 valence electrons. The molecule has 0 N–H and O–H groups in total. The van der Waals surface area contributed by atoms with Gasteiger partial charge in [0.25, 0.3) is 0 Å². The van der Waals surface area contributed by atoms with E-state index in [0.717, 1.165) is 27.5 Å². The summed E-state index contributed by atoms with van der Waals surface area (Å²) in [5.41, 5.74) is 18.6. The molecule has 12 aromatic carbocycles. The summed E-state index contributed by atoms with van der Waals surface area (Å²) in [6, 6.07) is 92.6. The summed E-state index contributed by atoms with van der Waals surface area (Å²) in [5, 5.41) is 9.78. The molecule has 0 spiro atoms. The first kappa shape index (κ1) is 43.8. The predicted molar refractivity (Wildman–Crippen MR) is 317 cm³/mol. The van der Waals surface area contributed by atoms with Crippen LogP contribution < -0.4 is 0 Å². The highest BCUT2D eigenvalue weighted by Gasteiger charge is 2.37. The summed E-state index contributed by atoms with van der Waals surface area (Å²) < 4.78 is 2.24. The fraction of sp³-hybridized carbons (Fsp3) is 0.0417. The largest absolute Gasteiger partial charge is 0.278 e. The Bertz CT molecular complexity index is 4510. The van der Waals surface area contributed by atoms with Crippen LogP contribution in [0.5, 0.6) is 0 Å². The Labute approximate surface area is 440 Å². The van der Waals surface area contributed by atoms with Crippen molar-refractivity contribution in [2.24, 2.45) is 0 Å². The Morgan fingerprint density at radius 2 is 0.776 bits per heavy atom. The Morgan fingerprint density at radius 3 is 1.47 bits per heavy atom. The molecule has 0 unspecified atom stereocenters. The van der Waals surface area contributed by atoms with Crippen molar-refractivity contribution < 1.29 is 0 Å². The lowest BCUT2D eigenvalue weighted by molar-refractivity contribution is 0.661. The van der Waals surface area contributed by atoms with Crippen LogP contribution in [0.3, 0.4) is 0 Å². The van der Waals surface area contributed by atoms with Crippen molar-refractivity contribution in [3.8, 4) is 84.4 Å². The minimum Gasteiger partial charge on any atom is -0.278 e. The van der Waals surface area contributed by atoms with E-state index >= 15 is 0 Å². The minimum atomic E-state index is -0.303. The third-order valence-electron chi connectivity index (χ3n) is 16.1. The van der Waals surface area contributed by atoms with Crippen molar-refractivity contribution in [2.45, 2.75) is 19.3 Å². The number of nitrogens with zero attached hydrogens (tertiary/aromatic N) is 4. The Morgan fingerprint density at radius 1 is 0.289 bits per heavy atom. The molecule has 0 saturated heterocycles. The van der Waals surface area contributed by atoms with E-state index in [1.165, 1.54) is 104 Å². The smallest absolute Gasteiger partial charge is 0.238 e. The Hall–Kier alpha value is -9.77. The fourth-order valence-corrected chi connectivity index (χ4v) is 12.4. The highest BCUT2D eigenvalue weighted by molar-refractivity contribution is 6.17. The molecule has 2 heterocycles. The Balaban J connectivity index is 0.865. The number of hydrogen-bond donors (Lipinski definition) is 0. The average Bonchev–Trinajstić information content (AvgIpc) is 3.93. The molecule has 0 amide bonds. The van der Waals surface area contributed by atoms with Crippen molar-refractivity contribution in [2.75, 3.05) is 0 Å². The van der Waals surface area contributed by atoms with Crippen LogP contribution in [0.2, 0.25) is 0 Å². The first-order valence-electron chi connectivity index (χ1n) is 26.2. The zero-order valence-electron chi connectivity index (χ0n) is 42.0. The van der Waals surface area contributed by atoms with Gasteiger partial charge in [0.15, 0.2) is 11.6 Å². The summed E-state index contributed by atoms with van der Waals surface area (Å²) >= 11 is 0. The number of hydrogen-bond acceptors (Lipinski definition) is 3. The van der Waals surface area contributed by atoms with Gasteiger partial charge in [-0.2, -0.15) is 9.97 Å². The monoisotopic (exact) mass is 968 g/mol. The van der Waals surface area contributed by atoms with E-state index in [9.17, 15) is 0 Å². The quantitative estimate of drug-likeness (QED) is 0.160. The normalized spacial score (nSPS) is 12.7. The maximum absolute atomic E-state index is 5.23. The fourth-order valence-electron chi connectivity index (χ4n) is 12.4. The molecule has 0 bridgehead atoms. The van der Waals surface area contributed by atoms with Crippen LogP contribution in [-0.2, 0) is 5.41 Å².